The molecule has 7 unspecified atom stereocenters. The first-order chi connectivity index (χ1) is 32.2. The van der Waals surface area contributed by atoms with Crippen LogP contribution in [-0.4, -0.2) is 154 Å². The monoisotopic (exact) mass is 944 g/mol. The van der Waals surface area contributed by atoms with Crippen LogP contribution in [0.4, 0.5) is 4.39 Å². The number of phenols is 1. The van der Waals surface area contributed by atoms with Gasteiger partial charge in [-0.2, -0.15) is 4.80 Å². The van der Waals surface area contributed by atoms with E-state index in [9.17, 15) is 59.6 Å². The Bertz CT molecular complexity index is 2770. The number of carbonyl (C=O) groups is 3. The summed E-state index contributed by atoms with van der Waals surface area (Å²) in [4.78, 5) is 39.3. The van der Waals surface area contributed by atoms with Gasteiger partial charge in [0.1, 0.15) is 88.3 Å². The summed E-state index contributed by atoms with van der Waals surface area (Å²) < 4.78 is 32.7. The third-order valence-corrected chi connectivity index (χ3v) is 13.2. The lowest BCUT2D eigenvalue weighted by molar-refractivity contribution is -0.190. The second kappa shape index (κ2) is 18.7. The number of aliphatic hydroxyl groups is 6. The topological polar surface area (TPSA) is 327 Å². The third-order valence-electron chi connectivity index (χ3n) is 11.9. The Hall–Kier alpha value is -6.48. The predicted octanol–water partition coefficient (Wildman–Crippen LogP) is -0.0386. The van der Waals surface area contributed by atoms with Crippen LogP contribution < -0.4 is 10.1 Å². The van der Waals surface area contributed by atoms with Crippen LogP contribution >= 0.6 is 11.8 Å². The van der Waals surface area contributed by atoms with Crippen LogP contribution in [0.3, 0.4) is 0 Å². The predicted molar refractivity (Wildman–Crippen MR) is 225 cm³/mol. The van der Waals surface area contributed by atoms with Crippen LogP contribution in [0.25, 0.3) is 11.3 Å². The lowest BCUT2D eigenvalue weighted by atomic mass is 9.74. The summed E-state index contributed by atoms with van der Waals surface area (Å²) >= 11 is 0.713. The summed E-state index contributed by atoms with van der Waals surface area (Å²) in [6.07, 6.45) is -3.40. The average molecular weight is 945 g/mol. The van der Waals surface area contributed by atoms with E-state index < -0.39 is 102 Å². The van der Waals surface area contributed by atoms with E-state index >= 15 is 0 Å². The number of halogens is 1. The first kappa shape index (κ1) is 45.7. The van der Waals surface area contributed by atoms with Crippen LogP contribution in [0.15, 0.2) is 90.8 Å². The normalized spacial score (nSPS) is 29.1. The number of ketones is 1. The number of aromatic nitrogens is 7. The molecule has 2 aromatic heterocycles. The number of ether oxygens (including phenoxy) is 3. The molecule has 1 aliphatic carbocycles. The highest BCUT2D eigenvalue weighted by molar-refractivity contribution is 8.00. The van der Waals surface area contributed by atoms with Gasteiger partial charge in [0.25, 0.3) is 5.91 Å². The minimum absolute atomic E-state index is 0.0428. The quantitative estimate of drug-likeness (QED) is 0.0792. The molecule has 9 N–H and O–H groups in total. The molecule has 0 spiro atoms. The van der Waals surface area contributed by atoms with Crippen molar-refractivity contribution in [3.8, 4) is 22.8 Å². The number of aliphatic hydroxyl groups excluding tert-OH is 6. The largest absolute Gasteiger partial charge is 0.508 e. The number of amides is 1. The van der Waals surface area contributed by atoms with Gasteiger partial charge in [0.2, 0.25) is 0 Å². The molecule has 0 saturated carbocycles. The fourth-order valence-electron chi connectivity index (χ4n) is 8.65. The zero-order valence-corrected chi connectivity index (χ0v) is 35.4. The molecular formula is C43H41FN8O14S. The highest BCUT2D eigenvalue weighted by atomic mass is 32.2. The molecule has 5 aromatic rings. The summed E-state index contributed by atoms with van der Waals surface area (Å²) in [7, 11) is 0. The first-order valence-corrected chi connectivity index (χ1v) is 21.6. The van der Waals surface area contributed by atoms with Gasteiger partial charge in [0.15, 0.2) is 11.6 Å². The number of aromatic hydroxyl groups is 1. The number of benzene rings is 3. The molecule has 24 heteroatoms. The number of nitrogens with one attached hydrogen (secondary N) is 1. The van der Waals surface area contributed by atoms with Crippen molar-refractivity contribution in [1.29, 1.82) is 0 Å². The van der Waals surface area contributed by atoms with Gasteiger partial charge >= 0.3 is 5.97 Å². The molecule has 350 valence electrons. The van der Waals surface area contributed by atoms with Crippen molar-refractivity contribution in [3.63, 3.8) is 0 Å². The molecule has 67 heavy (non-hydrogen) atoms. The second-order valence-corrected chi connectivity index (χ2v) is 17.3. The summed E-state index contributed by atoms with van der Waals surface area (Å²) in [6, 6.07) is 11.3. The van der Waals surface area contributed by atoms with Crippen LogP contribution in [0.1, 0.15) is 55.7 Å². The van der Waals surface area contributed by atoms with Crippen LogP contribution in [0.2, 0.25) is 0 Å². The Morgan fingerprint density at radius 1 is 0.851 bits per heavy atom. The Balaban J connectivity index is 0.901. The van der Waals surface area contributed by atoms with Crippen LogP contribution in [0, 0.1) is 11.7 Å². The molecule has 0 bridgehead atoms. The number of hydrogen-bond donors (Lipinski definition) is 9. The molecule has 3 aliphatic heterocycles. The average Bonchev–Trinajstić information content (AvgIpc) is 4.00. The number of thioether (sulfide) groups is 1. The van der Waals surface area contributed by atoms with Gasteiger partial charge in [-0.25, -0.2) is 13.9 Å². The maximum absolute atomic E-state index is 13.9. The van der Waals surface area contributed by atoms with Crippen molar-refractivity contribution in [2.24, 2.45) is 5.92 Å². The van der Waals surface area contributed by atoms with Gasteiger partial charge < -0.3 is 60.4 Å². The van der Waals surface area contributed by atoms with E-state index in [-0.39, 0.29) is 52.2 Å². The molecule has 9 rings (SSSR count). The summed E-state index contributed by atoms with van der Waals surface area (Å²) in [5, 5.41) is 109. The van der Waals surface area contributed by atoms with Crippen LogP contribution in [0.5, 0.6) is 11.5 Å². The van der Waals surface area contributed by atoms with Crippen LogP contribution in [-0.2, 0) is 20.8 Å². The molecule has 4 aliphatic rings. The fraction of sp³-hybridized carbons (Fsp3) is 0.349. The number of nitrogens with zero attached hydrogens (tertiary/aromatic N) is 7. The number of tetrazole rings is 1. The number of fused-ring (bicyclic) bond motifs is 2. The Morgan fingerprint density at radius 3 is 2.28 bits per heavy atom. The lowest BCUT2D eigenvalue weighted by Crippen LogP contribution is -2.58. The number of phenolic OH excluding ortho intramolecular Hbond substituents is 1. The Morgan fingerprint density at radius 2 is 1.57 bits per heavy atom. The minimum atomic E-state index is -1.68. The number of aromatic carboxylic acids is 1. The second-order valence-electron chi connectivity index (χ2n) is 16.1. The summed E-state index contributed by atoms with van der Waals surface area (Å²) in [5.74, 6) is -3.85. The Kier molecular flexibility index (Phi) is 12.7. The summed E-state index contributed by atoms with van der Waals surface area (Å²) in [5.41, 5.74) is -1.51. The molecule has 2 fully saturated rings. The van der Waals surface area contributed by atoms with Gasteiger partial charge in [-0.15, -0.1) is 15.3 Å². The van der Waals surface area contributed by atoms with E-state index in [4.69, 9.17) is 14.2 Å². The minimum Gasteiger partial charge on any atom is -0.508 e. The van der Waals surface area contributed by atoms with E-state index in [0.717, 1.165) is 9.48 Å². The van der Waals surface area contributed by atoms with Crippen molar-refractivity contribution >= 4 is 29.4 Å². The highest BCUT2D eigenvalue weighted by Crippen LogP contribution is 2.49. The number of carbonyl (C=O) groups excluding carboxylic acids is 2. The third kappa shape index (κ3) is 8.81. The lowest BCUT2D eigenvalue weighted by Gasteiger charge is -2.45. The van der Waals surface area contributed by atoms with Gasteiger partial charge in [-0.1, -0.05) is 47.3 Å². The van der Waals surface area contributed by atoms with E-state index in [1.807, 2.05) is 0 Å². The highest BCUT2D eigenvalue weighted by Gasteiger charge is 2.52. The smallest absolute Gasteiger partial charge is 0.336 e. The van der Waals surface area contributed by atoms with Crippen molar-refractivity contribution in [1.82, 2.24) is 40.5 Å². The van der Waals surface area contributed by atoms with Crippen molar-refractivity contribution in [2.75, 3.05) is 13.2 Å². The number of hydrogen-bond acceptors (Lipinski definition) is 19. The van der Waals surface area contributed by atoms with Crippen molar-refractivity contribution in [3.05, 3.63) is 125 Å². The standard InChI is InChI=1S/C43H41FN8O14S/c44-20-3-1-2-18(10-20)27-15-51(49-46-27)34-36(57)30(16-53)65-42(38(34)59)67-43-39(60)35(37(58)31(17-54)66-43)52-48-32(47-50-52)14-45-40(61)19-4-7-23(26(11-19)41(62)63)33-24-8-5-21(55)12-28(24)64-29-13-22(56)6-9-25(29)33/h1-13,15,24,30-31,33-39,42-43,53-54,56-60H,14,16-17H2,(H,45,61)(H,62,63)/t24?,30?,31-,33?,34?,35?,36+,37?,38?,39-,42+,43+/m1/s1. The zero-order valence-electron chi connectivity index (χ0n) is 34.6. The van der Waals surface area contributed by atoms with E-state index in [0.29, 0.717) is 28.5 Å². The number of allylic oxidation sites excluding steroid dienone is 3. The molecule has 22 nitrogen and oxygen atoms in total. The van der Waals surface area contributed by atoms with Gasteiger partial charge in [-0.05, 0) is 47.2 Å². The van der Waals surface area contributed by atoms with E-state index in [1.165, 1.54) is 66.9 Å². The number of carboxylic acids is 1. The maximum atomic E-state index is 13.9. The fourth-order valence-corrected chi connectivity index (χ4v) is 9.97. The molecule has 3 aromatic carbocycles. The van der Waals surface area contributed by atoms with Gasteiger partial charge in [-0.3, -0.25) is 9.59 Å². The molecule has 2 saturated heterocycles. The molecule has 1 amide bonds. The summed E-state index contributed by atoms with van der Waals surface area (Å²) in [6.45, 7) is -1.80. The van der Waals surface area contributed by atoms with Crippen molar-refractivity contribution in [2.45, 2.75) is 72.0 Å². The van der Waals surface area contributed by atoms with E-state index in [2.05, 4.69) is 31.0 Å². The zero-order chi connectivity index (χ0) is 47.3. The molecular weight excluding hydrogens is 904 g/mol. The number of carboxylic acid groups (broad SMARTS) is 1. The van der Waals surface area contributed by atoms with E-state index in [1.54, 1.807) is 18.2 Å². The molecule has 5 heterocycles. The van der Waals surface area contributed by atoms with Gasteiger partial charge in [0, 0.05) is 40.7 Å². The van der Waals surface area contributed by atoms with Crippen molar-refractivity contribution < 1.29 is 73.8 Å². The first-order valence-electron chi connectivity index (χ1n) is 20.7. The number of rotatable bonds is 12. The Labute approximate surface area is 381 Å². The SMILES string of the molecule is O=C1C=CC2C(=C1)Oc1cc(O)ccc1C2c1ccc(C(=O)NCc2nnn(C3C(O)[C@@H](CO)O[C@@H](S[C@@H]4OC(CO)[C@H](O)C(n5cc(-c6cccc(F)c6)nn5)C4O)[C@@H]3O)n2)cc1C(=O)O. The molecule has 12 atom stereocenters. The maximum Gasteiger partial charge on any atom is 0.336 e. The van der Waals surface area contributed by atoms with Gasteiger partial charge in [0.05, 0.1) is 31.5 Å². The molecule has 0 radical (unpaired) electrons.